The number of unbranched alkanes of at least 4 members (excludes halogenated alkanes) is 12. The Balaban J connectivity index is 1.38. The Morgan fingerprint density at radius 3 is 1.82 bits per heavy atom. The van der Waals surface area contributed by atoms with Crippen LogP contribution >= 0.6 is 27.5 Å². The molecule has 3 N–H and O–H groups in total. The third-order valence-electron chi connectivity index (χ3n) is 8.90. The van der Waals surface area contributed by atoms with Crippen molar-refractivity contribution in [2.24, 2.45) is 0 Å². The number of halogens is 2. The second kappa shape index (κ2) is 23.9. The first-order chi connectivity index (χ1) is 24.2. The Morgan fingerprint density at radius 1 is 0.740 bits per heavy atom. The van der Waals surface area contributed by atoms with E-state index in [-0.39, 0.29) is 17.4 Å². The Morgan fingerprint density at radius 2 is 1.26 bits per heavy atom. The van der Waals surface area contributed by atoms with Gasteiger partial charge in [0.05, 0.1) is 4.90 Å². The number of sulfonamides is 1. The van der Waals surface area contributed by atoms with Crippen molar-refractivity contribution in [3.63, 3.8) is 0 Å². The third kappa shape index (κ3) is 16.7. The molecule has 0 aromatic heterocycles. The van der Waals surface area contributed by atoms with E-state index in [2.05, 4.69) is 32.9 Å². The molecule has 3 rings (SSSR count). The molecule has 0 spiro atoms. The van der Waals surface area contributed by atoms with Crippen LogP contribution in [0.5, 0.6) is 5.75 Å². The van der Waals surface area contributed by atoms with Gasteiger partial charge < -0.3 is 15.2 Å². The minimum absolute atomic E-state index is 0.00743. The maximum atomic E-state index is 13.0. The molecule has 0 fully saturated rings. The number of hydrogen-bond donors (Lipinski definition) is 3. The summed E-state index contributed by atoms with van der Waals surface area (Å²) in [6.07, 6.45) is 18.1. The normalized spacial score (nSPS) is 12.9. The van der Waals surface area contributed by atoms with Crippen LogP contribution in [0.15, 0.2) is 82.2 Å². The summed E-state index contributed by atoms with van der Waals surface area (Å²) in [5, 5.41) is 13.9. The van der Waals surface area contributed by atoms with Gasteiger partial charge in [-0.05, 0) is 91.9 Å². The Kier molecular flexibility index (Phi) is 20.1. The first-order valence-electron chi connectivity index (χ1n) is 18.4. The fourth-order valence-corrected chi connectivity index (χ4v) is 7.55. The van der Waals surface area contributed by atoms with Crippen molar-refractivity contribution < 1.29 is 23.1 Å². The van der Waals surface area contributed by atoms with Gasteiger partial charge in [0.15, 0.2) is 0 Å². The number of ether oxygens (including phenoxy) is 1. The number of carboxylic acid groups (broad SMARTS) is 1. The van der Waals surface area contributed by atoms with E-state index in [0.29, 0.717) is 31.0 Å². The maximum Gasteiger partial charge on any atom is 0.321 e. The van der Waals surface area contributed by atoms with Crippen LogP contribution in [0.25, 0.3) is 11.1 Å². The fraction of sp³-hybridized carbons (Fsp3) is 0.525. The largest absolute Gasteiger partial charge is 0.489 e. The van der Waals surface area contributed by atoms with E-state index in [4.69, 9.17) is 16.3 Å². The molecule has 7 nitrogen and oxygen atoms in total. The van der Waals surface area contributed by atoms with Crippen molar-refractivity contribution in [1.29, 1.82) is 0 Å². The topological polar surface area (TPSA) is 105 Å². The first kappa shape index (κ1) is 42.0. The van der Waals surface area contributed by atoms with Crippen LogP contribution in [-0.4, -0.2) is 44.7 Å². The van der Waals surface area contributed by atoms with Gasteiger partial charge in [-0.2, -0.15) is 4.72 Å². The summed E-state index contributed by atoms with van der Waals surface area (Å²) in [6, 6.07) is 20.4. The summed E-state index contributed by atoms with van der Waals surface area (Å²) in [6.45, 7) is 3.61. The molecular weight excluding hydrogens is 736 g/mol. The lowest BCUT2D eigenvalue weighted by Crippen LogP contribution is -2.40. The van der Waals surface area contributed by atoms with Crippen molar-refractivity contribution in [1.82, 2.24) is 10.0 Å². The molecule has 0 bridgehead atoms. The van der Waals surface area contributed by atoms with Gasteiger partial charge in [-0.1, -0.05) is 136 Å². The van der Waals surface area contributed by atoms with Gasteiger partial charge in [-0.15, -0.1) is 0 Å². The molecule has 276 valence electrons. The summed E-state index contributed by atoms with van der Waals surface area (Å²) >= 11 is 9.48. The summed E-state index contributed by atoms with van der Waals surface area (Å²) in [5.74, 6) is -0.397. The van der Waals surface area contributed by atoms with Crippen molar-refractivity contribution in [2.45, 2.75) is 127 Å². The van der Waals surface area contributed by atoms with Gasteiger partial charge in [0.1, 0.15) is 17.9 Å². The molecule has 2 unspecified atom stereocenters. The quantitative estimate of drug-likeness (QED) is 0.0664. The fourth-order valence-electron chi connectivity index (χ4n) is 5.94. The van der Waals surface area contributed by atoms with Crippen molar-refractivity contribution >= 4 is 43.5 Å². The molecule has 0 aliphatic heterocycles. The highest BCUT2D eigenvalue weighted by molar-refractivity contribution is 9.10. The van der Waals surface area contributed by atoms with Gasteiger partial charge in [-0.3, -0.25) is 4.79 Å². The number of carbonyl (C=O) groups is 1. The van der Waals surface area contributed by atoms with Crippen molar-refractivity contribution in [2.75, 3.05) is 13.1 Å². The molecule has 3 aromatic rings. The van der Waals surface area contributed by atoms with Crippen LogP contribution < -0.4 is 14.8 Å². The van der Waals surface area contributed by atoms with E-state index in [1.807, 2.05) is 48.5 Å². The van der Waals surface area contributed by atoms with Crippen LogP contribution in [0.3, 0.4) is 0 Å². The Hall–Kier alpha value is -2.43. The van der Waals surface area contributed by atoms with E-state index in [1.54, 1.807) is 12.1 Å². The lowest BCUT2D eigenvalue weighted by molar-refractivity contribution is -0.139. The van der Waals surface area contributed by atoms with Crippen LogP contribution in [0.4, 0.5) is 0 Å². The molecule has 0 aliphatic carbocycles. The van der Waals surface area contributed by atoms with Crippen LogP contribution in [0, 0.1) is 0 Å². The molecule has 0 aliphatic rings. The van der Waals surface area contributed by atoms with E-state index in [9.17, 15) is 18.3 Å². The summed E-state index contributed by atoms with van der Waals surface area (Å²) in [4.78, 5) is 12.0. The minimum atomic E-state index is -4.00. The lowest BCUT2D eigenvalue weighted by Gasteiger charge is -2.20. The van der Waals surface area contributed by atoms with Crippen molar-refractivity contribution in [3.05, 3.63) is 82.3 Å². The molecule has 0 saturated heterocycles. The van der Waals surface area contributed by atoms with E-state index < -0.39 is 22.0 Å². The predicted octanol–water partition coefficient (Wildman–Crippen LogP) is 10.8. The monoisotopic (exact) mass is 790 g/mol. The van der Waals surface area contributed by atoms with Crippen LogP contribution in [0.1, 0.15) is 110 Å². The van der Waals surface area contributed by atoms with Gasteiger partial charge in [0.2, 0.25) is 10.0 Å². The molecular formula is C40H56BrClN2O5S. The van der Waals surface area contributed by atoms with Gasteiger partial charge in [-0.25, -0.2) is 8.42 Å². The number of rotatable bonds is 27. The molecule has 0 amide bonds. The second-order valence-corrected chi connectivity index (χ2v) is 16.2. The predicted molar refractivity (Wildman–Crippen MR) is 210 cm³/mol. The van der Waals surface area contributed by atoms with Gasteiger partial charge in [0.25, 0.3) is 0 Å². The number of aliphatic carboxylic acids is 1. The maximum absolute atomic E-state index is 13.0. The zero-order chi connectivity index (χ0) is 36.0. The van der Waals surface area contributed by atoms with E-state index in [0.717, 1.165) is 34.2 Å². The number of carboxylic acids is 1. The standard InChI is InChI=1S/C40H56BrClN2O5S/c1-2-3-4-5-6-7-8-9-10-11-12-13-16-37(49-36-26-24-35(42)25-27-36)31-43-30-15-14-17-39(40(45)46)44-50(47,48)38-28-20-33(21-29-38)32-18-22-34(41)23-19-32/h18-29,37,39,43-44H,2-17,30-31H2,1H3,(H,45,46). The Labute approximate surface area is 314 Å². The Bertz CT molecular complexity index is 1470. The smallest absolute Gasteiger partial charge is 0.321 e. The van der Waals surface area contributed by atoms with Gasteiger partial charge >= 0.3 is 5.97 Å². The number of nitrogens with one attached hydrogen (secondary N) is 2. The first-order valence-corrected chi connectivity index (χ1v) is 21.1. The van der Waals surface area contributed by atoms with E-state index >= 15 is 0 Å². The summed E-state index contributed by atoms with van der Waals surface area (Å²) in [5.41, 5.74) is 1.82. The highest BCUT2D eigenvalue weighted by atomic mass is 79.9. The molecule has 50 heavy (non-hydrogen) atoms. The molecule has 0 heterocycles. The molecule has 2 atom stereocenters. The van der Waals surface area contributed by atoms with Gasteiger partial charge in [0, 0.05) is 16.0 Å². The second-order valence-electron chi connectivity index (χ2n) is 13.1. The third-order valence-corrected chi connectivity index (χ3v) is 11.2. The number of hydrogen-bond acceptors (Lipinski definition) is 5. The highest BCUT2D eigenvalue weighted by Gasteiger charge is 2.25. The average Bonchev–Trinajstić information content (AvgIpc) is 3.10. The number of benzene rings is 3. The highest BCUT2D eigenvalue weighted by Crippen LogP contribution is 2.24. The van der Waals surface area contributed by atoms with E-state index in [1.165, 1.54) is 82.8 Å². The minimum Gasteiger partial charge on any atom is -0.489 e. The molecule has 3 aromatic carbocycles. The molecule has 0 saturated carbocycles. The molecule has 10 heteroatoms. The zero-order valence-electron chi connectivity index (χ0n) is 29.6. The van der Waals surface area contributed by atoms with Crippen molar-refractivity contribution in [3.8, 4) is 16.9 Å². The zero-order valence-corrected chi connectivity index (χ0v) is 32.7. The molecule has 0 radical (unpaired) electrons. The summed E-state index contributed by atoms with van der Waals surface area (Å²) < 4.78 is 35.7. The van der Waals surface area contributed by atoms with Crippen LogP contribution in [-0.2, 0) is 14.8 Å². The average molecular weight is 792 g/mol. The lowest BCUT2D eigenvalue weighted by atomic mass is 10.0. The SMILES string of the molecule is CCCCCCCCCCCCCCC(CNCCCCC(NS(=O)(=O)c1ccc(-c2ccc(Br)cc2)cc1)C(=O)O)Oc1ccc(Cl)cc1. The van der Waals surface area contributed by atoms with Crippen LogP contribution in [0.2, 0.25) is 5.02 Å². The summed E-state index contributed by atoms with van der Waals surface area (Å²) in [7, 11) is -4.00.